The van der Waals surface area contributed by atoms with Gasteiger partial charge < -0.3 is 4.74 Å². The first-order chi connectivity index (χ1) is 14.1. The fourth-order valence-electron chi connectivity index (χ4n) is 3.70. The molecule has 2 aromatic carbocycles. The average molecular weight is 423 g/mol. The zero-order valence-electron chi connectivity index (χ0n) is 15.4. The van der Waals surface area contributed by atoms with Gasteiger partial charge in [0.25, 0.3) is 0 Å². The molecule has 4 rings (SSSR count). The Hall–Kier alpha value is -2.87. The highest BCUT2D eigenvalue weighted by Crippen LogP contribution is 2.37. The smallest absolute Gasteiger partial charge is 0.340 e. The van der Waals surface area contributed by atoms with Gasteiger partial charge in [0.2, 0.25) is 0 Å². The Bertz CT molecular complexity index is 1200. The second kappa shape index (κ2) is 8.24. The SMILES string of the molecule is N#CCOC(=O)c1c2c(nc3ccccc13)C(=Cc1cccc(Cl)c1Cl)CCC2. The second-order valence-corrected chi connectivity index (χ2v) is 7.52. The number of carbonyl (C=O) groups is 1. The van der Waals surface area contributed by atoms with Gasteiger partial charge in [0.05, 0.1) is 26.8 Å². The molecule has 0 fully saturated rings. The summed E-state index contributed by atoms with van der Waals surface area (Å²) in [7, 11) is 0. The zero-order valence-corrected chi connectivity index (χ0v) is 16.9. The van der Waals surface area contributed by atoms with Crippen LogP contribution in [-0.4, -0.2) is 17.6 Å². The van der Waals surface area contributed by atoms with Gasteiger partial charge in [-0.3, -0.25) is 0 Å². The number of nitriles is 1. The van der Waals surface area contributed by atoms with E-state index in [0.717, 1.165) is 40.6 Å². The molecule has 1 aliphatic carbocycles. The molecular weight excluding hydrogens is 407 g/mol. The lowest BCUT2D eigenvalue weighted by Gasteiger charge is -2.22. The summed E-state index contributed by atoms with van der Waals surface area (Å²) in [5.41, 5.74) is 4.63. The largest absolute Gasteiger partial charge is 0.447 e. The van der Waals surface area contributed by atoms with Gasteiger partial charge in [-0.05, 0) is 54.2 Å². The van der Waals surface area contributed by atoms with Crippen LogP contribution in [0.2, 0.25) is 10.0 Å². The molecule has 1 aromatic heterocycles. The van der Waals surface area contributed by atoms with E-state index in [1.165, 1.54) is 0 Å². The van der Waals surface area contributed by atoms with E-state index in [1.807, 2.05) is 48.5 Å². The van der Waals surface area contributed by atoms with Crippen LogP contribution in [0, 0.1) is 11.3 Å². The van der Waals surface area contributed by atoms with Crippen molar-refractivity contribution < 1.29 is 9.53 Å². The molecule has 0 atom stereocenters. The highest BCUT2D eigenvalue weighted by Gasteiger charge is 2.26. The molecule has 1 heterocycles. The van der Waals surface area contributed by atoms with Crippen molar-refractivity contribution in [2.45, 2.75) is 19.3 Å². The molecular formula is C23H16Cl2N2O2. The number of aromatic nitrogens is 1. The number of rotatable bonds is 3. The number of benzene rings is 2. The number of pyridine rings is 1. The molecule has 1 aliphatic rings. The molecule has 4 nitrogen and oxygen atoms in total. The summed E-state index contributed by atoms with van der Waals surface area (Å²) in [4.78, 5) is 17.6. The summed E-state index contributed by atoms with van der Waals surface area (Å²) in [5, 5.41) is 10.5. The fraction of sp³-hybridized carbons (Fsp3) is 0.174. The van der Waals surface area contributed by atoms with Crippen LogP contribution >= 0.6 is 23.2 Å². The lowest BCUT2D eigenvalue weighted by molar-refractivity contribution is 0.0556. The van der Waals surface area contributed by atoms with Gasteiger partial charge in [0, 0.05) is 5.39 Å². The summed E-state index contributed by atoms with van der Waals surface area (Å²) >= 11 is 12.5. The maximum absolute atomic E-state index is 12.8. The Balaban J connectivity index is 1.93. The summed E-state index contributed by atoms with van der Waals surface area (Å²) in [6.45, 7) is -0.287. The van der Waals surface area contributed by atoms with Crippen LogP contribution in [0.4, 0.5) is 0 Å². The normalized spacial score (nSPS) is 14.4. The number of carbonyl (C=O) groups excluding carboxylic acids is 1. The Kier molecular flexibility index (Phi) is 5.53. The van der Waals surface area contributed by atoms with Gasteiger partial charge >= 0.3 is 5.97 Å². The van der Waals surface area contributed by atoms with Gasteiger partial charge in [0.1, 0.15) is 6.07 Å². The van der Waals surface area contributed by atoms with Crippen LogP contribution in [0.5, 0.6) is 0 Å². The van der Waals surface area contributed by atoms with E-state index in [4.69, 9.17) is 38.2 Å². The molecule has 0 bridgehead atoms. The number of esters is 1. The average Bonchev–Trinajstić information content (AvgIpc) is 2.74. The van der Waals surface area contributed by atoms with Crippen LogP contribution in [0.25, 0.3) is 22.6 Å². The third-order valence-corrected chi connectivity index (χ3v) is 5.79. The van der Waals surface area contributed by atoms with Crippen molar-refractivity contribution >= 4 is 51.7 Å². The molecule has 0 amide bonds. The highest BCUT2D eigenvalue weighted by molar-refractivity contribution is 6.43. The number of fused-ring (bicyclic) bond motifs is 2. The van der Waals surface area contributed by atoms with Gasteiger partial charge in [-0.2, -0.15) is 5.26 Å². The standard InChI is InChI=1S/C23H16Cl2N2O2/c24-18-9-4-5-14(21(18)25)13-15-6-3-8-17-20(23(28)29-12-11-26)16-7-1-2-10-19(16)27-22(15)17/h1-2,4-5,7,9-10,13H,3,6,8,12H2. The van der Waals surface area contributed by atoms with E-state index in [1.54, 1.807) is 6.07 Å². The number of allylic oxidation sites excluding steroid dienone is 1. The maximum Gasteiger partial charge on any atom is 0.340 e. The predicted octanol–water partition coefficient (Wildman–Crippen LogP) is 6.10. The summed E-state index contributed by atoms with van der Waals surface area (Å²) in [6, 6.07) is 14.8. The number of hydrogen-bond acceptors (Lipinski definition) is 4. The van der Waals surface area contributed by atoms with Gasteiger partial charge in [0.15, 0.2) is 6.61 Å². The third-order valence-electron chi connectivity index (χ3n) is 4.95. The van der Waals surface area contributed by atoms with E-state index in [9.17, 15) is 4.79 Å². The number of hydrogen-bond donors (Lipinski definition) is 0. The van der Waals surface area contributed by atoms with E-state index < -0.39 is 5.97 Å². The van der Waals surface area contributed by atoms with Crippen molar-refractivity contribution in [1.29, 1.82) is 5.26 Å². The van der Waals surface area contributed by atoms with Gasteiger partial charge in [-0.15, -0.1) is 0 Å². The summed E-state index contributed by atoms with van der Waals surface area (Å²) in [6.07, 6.45) is 4.38. The van der Waals surface area contributed by atoms with Gasteiger partial charge in [-0.1, -0.05) is 53.5 Å². The van der Waals surface area contributed by atoms with Crippen LogP contribution in [0.3, 0.4) is 0 Å². The first kappa shape index (κ1) is 19.4. The monoisotopic (exact) mass is 422 g/mol. The Morgan fingerprint density at radius 1 is 1.17 bits per heavy atom. The molecule has 6 heteroatoms. The van der Waals surface area contributed by atoms with E-state index in [0.29, 0.717) is 27.5 Å². The van der Waals surface area contributed by atoms with Crippen molar-refractivity contribution in [2.75, 3.05) is 6.61 Å². The number of para-hydroxylation sites is 1. The van der Waals surface area contributed by atoms with Crippen LogP contribution < -0.4 is 0 Å². The molecule has 0 unspecified atom stereocenters. The molecule has 3 aromatic rings. The lowest BCUT2D eigenvalue weighted by atomic mass is 9.86. The van der Waals surface area contributed by atoms with Gasteiger partial charge in [-0.25, -0.2) is 9.78 Å². The molecule has 0 spiro atoms. The number of ether oxygens (including phenoxy) is 1. The molecule has 29 heavy (non-hydrogen) atoms. The minimum Gasteiger partial charge on any atom is -0.447 e. The number of halogens is 2. The molecule has 0 N–H and O–H groups in total. The van der Waals surface area contributed by atoms with E-state index in [2.05, 4.69) is 0 Å². The molecule has 0 saturated heterocycles. The maximum atomic E-state index is 12.8. The first-order valence-electron chi connectivity index (χ1n) is 9.21. The van der Waals surface area contributed by atoms with Crippen LogP contribution in [0.15, 0.2) is 42.5 Å². The Morgan fingerprint density at radius 3 is 2.83 bits per heavy atom. The van der Waals surface area contributed by atoms with Crippen molar-refractivity contribution in [3.8, 4) is 6.07 Å². The summed E-state index contributed by atoms with van der Waals surface area (Å²) in [5.74, 6) is -0.497. The topological polar surface area (TPSA) is 63.0 Å². The molecule has 0 aliphatic heterocycles. The lowest BCUT2D eigenvalue weighted by Crippen LogP contribution is -2.15. The van der Waals surface area contributed by atoms with Crippen molar-refractivity contribution in [3.05, 3.63) is 74.9 Å². The minimum atomic E-state index is -0.497. The zero-order chi connectivity index (χ0) is 20.4. The highest BCUT2D eigenvalue weighted by atomic mass is 35.5. The van der Waals surface area contributed by atoms with Crippen molar-refractivity contribution in [2.24, 2.45) is 0 Å². The minimum absolute atomic E-state index is 0.287. The predicted molar refractivity (Wildman–Crippen MR) is 115 cm³/mol. The van der Waals surface area contributed by atoms with E-state index >= 15 is 0 Å². The van der Waals surface area contributed by atoms with Crippen molar-refractivity contribution in [3.63, 3.8) is 0 Å². The third kappa shape index (κ3) is 3.72. The fourth-order valence-corrected chi connectivity index (χ4v) is 4.06. The second-order valence-electron chi connectivity index (χ2n) is 6.73. The first-order valence-corrected chi connectivity index (χ1v) is 9.96. The quantitative estimate of drug-likeness (QED) is 0.478. The number of nitrogens with zero attached hydrogens (tertiary/aromatic N) is 2. The Labute approximate surface area is 178 Å². The molecule has 0 saturated carbocycles. The van der Waals surface area contributed by atoms with E-state index in [-0.39, 0.29) is 6.61 Å². The Morgan fingerprint density at radius 2 is 2.00 bits per heavy atom. The van der Waals surface area contributed by atoms with Crippen LogP contribution in [-0.2, 0) is 11.2 Å². The summed E-state index contributed by atoms with van der Waals surface area (Å²) < 4.78 is 5.15. The molecule has 0 radical (unpaired) electrons. The van der Waals surface area contributed by atoms with Crippen molar-refractivity contribution in [1.82, 2.24) is 4.98 Å². The van der Waals surface area contributed by atoms with Crippen LogP contribution in [0.1, 0.15) is 40.0 Å². The molecule has 144 valence electrons.